The highest BCUT2D eigenvalue weighted by atomic mass is 16.6. The zero-order valence-corrected chi connectivity index (χ0v) is 17.2. The van der Waals surface area contributed by atoms with Crippen LogP contribution >= 0.6 is 0 Å². The van der Waals surface area contributed by atoms with Crippen molar-refractivity contribution in [2.45, 2.75) is 6.10 Å². The third-order valence-electron chi connectivity index (χ3n) is 3.23. The Balaban J connectivity index is 3.78. The fourth-order valence-corrected chi connectivity index (χ4v) is 1.82. The lowest BCUT2D eigenvalue weighted by atomic mass is 10.4. The second kappa shape index (κ2) is 23.7. The van der Waals surface area contributed by atoms with Gasteiger partial charge >= 0.3 is 0 Å². The Kier molecular flexibility index (Phi) is 23.4. The molecule has 0 aromatic rings. The molecule has 0 aliphatic heterocycles. The molecule has 0 N–H and O–H groups in total. The first kappa shape index (κ1) is 26.6. The minimum absolute atomic E-state index is 0.172. The third kappa shape index (κ3) is 21.8. The number of methoxy groups -OCH3 is 3. The fourth-order valence-electron chi connectivity index (χ4n) is 1.82. The van der Waals surface area contributed by atoms with Gasteiger partial charge in [0.2, 0.25) is 0 Å². The molecular weight excluding hydrogens is 360 g/mol. The molecule has 0 saturated carbocycles. The molecule has 0 aliphatic carbocycles. The summed E-state index contributed by atoms with van der Waals surface area (Å²) in [5.41, 5.74) is 0. The number of rotatable bonds is 23. The number of ether oxygens (including phenoxy) is 9. The van der Waals surface area contributed by atoms with Crippen LogP contribution in [0.2, 0.25) is 0 Å². The monoisotopic (exact) mass is 398 g/mol. The van der Waals surface area contributed by atoms with Gasteiger partial charge in [-0.1, -0.05) is 0 Å². The summed E-state index contributed by atoms with van der Waals surface area (Å²) in [6.45, 7) is 7.25. The van der Waals surface area contributed by atoms with Crippen molar-refractivity contribution in [3.8, 4) is 0 Å². The summed E-state index contributed by atoms with van der Waals surface area (Å²) in [7, 11) is 4.93. The van der Waals surface area contributed by atoms with E-state index in [2.05, 4.69) is 0 Å². The van der Waals surface area contributed by atoms with Crippen molar-refractivity contribution < 1.29 is 42.6 Å². The Morgan fingerprint density at radius 2 is 0.741 bits per heavy atom. The van der Waals surface area contributed by atoms with Crippen LogP contribution in [0.25, 0.3) is 0 Å². The zero-order chi connectivity index (χ0) is 19.8. The Morgan fingerprint density at radius 1 is 0.407 bits per heavy atom. The van der Waals surface area contributed by atoms with E-state index in [0.29, 0.717) is 92.5 Å². The van der Waals surface area contributed by atoms with E-state index < -0.39 is 0 Å². The maximum atomic E-state index is 5.78. The van der Waals surface area contributed by atoms with E-state index >= 15 is 0 Å². The molecule has 0 aliphatic rings. The van der Waals surface area contributed by atoms with Crippen molar-refractivity contribution in [1.82, 2.24) is 0 Å². The van der Waals surface area contributed by atoms with Gasteiger partial charge in [-0.15, -0.1) is 0 Å². The minimum atomic E-state index is -0.172. The summed E-state index contributed by atoms with van der Waals surface area (Å²) in [5, 5.41) is 0. The quantitative estimate of drug-likeness (QED) is 0.227. The van der Waals surface area contributed by atoms with Crippen LogP contribution in [-0.2, 0) is 42.6 Å². The molecule has 0 aromatic carbocycles. The number of hydrogen-bond acceptors (Lipinski definition) is 9. The van der Waals surface area contributed by atoms with E-state index in [1.807, 2.05) is 0 Å². The van der Waals surface area contributed by atoms with Crippen LogP contribution in [0.5, 0.6) is 0 Å². The highest BCUT2D eigenvalue weighted by molar-refractivity contribution is 4.56. The van der Waals surface area contributed by atoms with Crippen molar-refractivity contribution in [1.29, 1.82) is 0 Å². The second-order valence-corrected chi connectivity index (χ2v) is 5.46. The van der Waals surface area contributed by atoms with Crippen molar-refractivity contribution >= 4 is 0 Å². The topological polar surface area (TPSA) is 83.1 Å². The summed E-state index contributed by atoms with van der Waals surface area (Å²) in [4.78, 5) is 0. The molecule has 164 valence electrons. The van der Waals surface area contributed by atoms with Crippen LogP contribution in [0.3, 0.4) is 0 Å². The van der Waals surface area contributed by atoms with Crippen LogP contribution in [0, 0.1) is 0 Å². The average molecular weight is 398 g/mol. The van der Waals surface area contributed by atoms with E-state index in [4.69, 9.17) is 42.6 Å². The van der Waals surface area contributed by atoms with E-state index in [1.54, 1.807) is 21.3 Å². The van der Waals surface area contributed by atoms with E-state index in [9.17, 15) is 0 Å². The second-order valence-electron chi connectivity index (χ2n) is 5.46. The molecule has 9 nitrogen and oxygen atoms in total. The van der Waals surface area contributed by atoms with Crippen molar-refractivity contribution in [3.63, 3.8) is 0 Å². The zero-order valence-electron chi connectivity index (χ0n) is 17.2. The van der Waals surface area contributed by atoms with Crippen LogP contribution in [-0.4, -0.2) is 120 Å². The predicted molar refractivity (Wildman–Crippen MR) is 99.5 cm³/mol. The van der Waals surface area contributed by atoms with Crippen LogP contribution in [0.4, 0.5) is 0 Å². The van der Waals surface area contributed by atoms with Gasteiger partial charge in [-0.05, 0) is 0 Å². The van der Waals surface area contributed by atoms with Crippen molar-refractivity contribution in [3.05, 3.63) is 0 Å². The van der Waals surface area contributed by atoms with Gasteiger partial charge in [0.25, 0.3) is 0 Å². The molecule has 0 saturated heterocycles. The van der Waals surface area contributed by atoms with Crippen molar-refractivity contribution in [2.75, 3.05) is 114 Å². The molecule has 0 unspecified atom stereocenters. The Morgan fingerprint density at radius 3 is 1.15 bits per heavy atom. The van der Waals surface area contributed by atoms with E-state index in [-0.39, 0.29) is 6.10 Å². The lowest BCUT2D eigenvalue weighted by molar-refractivity contribution is -0.0858. The van der Waals surface area contributed by atoms with Gasteiger partial charge in [-0.25, -0.2) is 0 Å². The molecule has 0 bridgehead atoms. The molecule has 0 radical (unpaired) electrons. The lowest BCUT2D eigenvalue weighted by Crippen LogP contribution is -2.29. The summed E-state index contributed by atoms with van der Waals surface area (Å²) in [6, 6.07) is 0. The Labute approximate surface area is 163 Å². The van der Waals surface area contributed by atoms with E-state index in [1.165, 1.54) is 0 Å². The van der Waals surface area contributed by atoms with Gasteiger partial charge < -0.3 is 42.6 Å². The molecule has 27 heavy (non-hydrogen) atoms. The van der Waals surface area contributed by atoms with Gasteiger partial charge in [-0.2, -0.15) is 0 Å². The molecule has 0 atom stereocenters. The highest BCUT2D eigenvalue weighted by Crippen LogP contribution is 1.97. The summed E-state index contributed by atoms with van der Waals surface area (Å²) < 4.78 is 47.8. The maximum Gasteiger partial charge on any atom is 0.104 e. The normalized spacial score (nSPS) is 11.6. The van der Waals surface area contributed by atoms with Crippen molar-refractivity contribution in [2.24, 2.45) is 0 Å². The van der Waals surface area contributed by atoms with Crippen LogP contribution in [0.15, 0.2) is 0 Å². The lowest BCUT2D eigenvalue weighted by Gasteiger charge is -2.18. The average Bonchev–Trinajstić information content (AvgIpc) is 2.68. The van der Waals surface area contributed by atoms with Gasteiger partial charge in [0, 0.05) is 21.3 Å². The van der Waals surface area contributed by atoms with Gasteiger partial charge in [0.1, 0.15) is 6.10 Å². The standard InChI is InChI=1S/C18H38O9/c1-19-4-7-22-10-12-25-16-18(27-15-14-24-9-6-21-3)17-26-13-11-23-8-5-20-2/h18H,4-17H2,1-3H3. The molecule has 0 fully saturated rings. The van der Waals surface area contributed by atoms with Gasteiger partial charge in [0.05, 0.1) is 92.5 Å². The summed E-state index contributed by atoms with van der Waals surface area (Å²) in [5.74, 6) is 0. The smallest absolute Gasteiger partial charge is 0.104 e. The summed E-state index contributed by atoms with van der Waals surface area (Å²) in [6.07, 6.45) is -0.172. The molecule has 0 rings (SSSR count). The Hall–Kier alpha value is -0.360. The molecule has 0 heterocycles. The first-order chi connectivity index (χ1) is 13.3. The van der Waals surface area contributed by atoms with Gasteiger partial charge in [-0.3, -0.25) is 0 Å². The highest BCUT2D eigenvalue weighted by Gasteiger charge is 2.10. The Bertz CT molecular complexity index is 251. The number of hydrogen-bond donors (Lipinski definition) is 0. The van der Waals surface area contributed by atoms with Gasteiger partial charge in [0.15, 0.2) is 0 Å². The largest absolute Gasteiger partial charge is 0.382 e. The first-order valence-corrected chi connectivity index (χ1v) is 9.32. The predicted octanol–water partition coefficient (Wildman–Crippen LogP) is 0.394. The minimum Gasteiger partial charge on any atom is -0.382 e. The molecule has 0 aromatic heterocycles. The molecule has 0 spiro atoms. The van der Waals surface area contributed by atoms with E-state index in [0.717, 1.165) is 0 Å². The fraction of sp³-hybridized carbons (Fsp3) is 1.00. The van der Waals surface area contributed by atoms with Crippen LogP contribution in [0.1, 0.15) is 0 Å². The molecule has 0 amide bonds. The van der Waals surface area contributed by atoms with Crippen LogP contribution < -0.4 is 0 Å². The SMILES string of the molecule is COCCOCCOCC(COCCOCCOC)OCCOCCOC. The first-order valence-electron chi connectivity index (χ1n) is 9.32. The maximum absolute atomic E-state index is 5.78. The third-order valence-corrected chi connectivity index (χ3v) is 3.23. The summed E-state index contributed by atoms with van der Waals surface area (Å²) >= 11 is 0. The molecular formula is C18H38O9. The molecule has 9 heteroatoms.